The number of unbranched alkanes of at least 4 members (excludes halogenated alkanes) is 1. The van der Waals surface area contributed by atoms with Crippen LogP contribution in [0.25, 0.3) is 0 Å². The molecule has 1 rings (SSSR count). The van der Waals surface area contributed by atoms with Gasteiger partial charge < -0.3 is 4.90 Å². The summed E-state index contributed by atoms with van der Waals surface area (Å²) in [5.74, 6) is 0.458. The first-order chi connectivity index (χ1) is 6.24. The Hall–Kier alpha value is -0.370. The number of carbonyl (C=O) groups is 1. The Morgan fingerprint density at radius 1 is 1.38 bits per heavy atom. The van der Waals surface area contributed by atoms with E-state index in [1.165, 1.54) is 19.4 Å². The summed E-state index contributed by atoms with van der Waals surface area (Å²) >= 11 is 0. The fourth-order valence-corrected chi connectivity index (χ4v) is 1.96. The fourth-order valence-electron chi connectivity index (χ4n) is 1.96. The van der Waals surface area contributed by atoms with Gasteiger partial charge in [-0.3, -0.25) is 4.79 Å². The number of carbonyl (C=O) groups excluding carboxylic acids is 1. The maximum atomic E-state index is 11.0. The van der Waals surface area contributed by atoms with E-state index in [1.54, 1.807) is 0 Å². The van der Waals surface area contributed by atoms with Crippen molar-refractivity contribution in [3.63, 3.8) is 0 Å². The average molecular weight is 183 g/mol. The highest BCUT2D eigenvalue weighted by Crippen LogP contribution is 2.19. The van der Waals surface area contributed by atoms with Crippen LogP contribution in [0.1, 0.15) is 45.4 Å². The Morgan fingerprint density at radius 2 is 2.00 bits per heavy atom. The monoisotopic (exact) mass is 183 g/mol. The lowest BCUT2D eigenvalue weighted by molar-refractivity contribution is -0.121. The molecular formula is C11H21NO. The number of hydrogen-bond donors (Lipinski definition) is 0. The molecule has 0 spiro atoms. The van der Waals surface area contributed by atoms with Gasteiger partial charge in [0.05, 0.1) is 0 Å². The van der Waals surface area contributed by atoms with E-state index in [0.29, 0.717) is 11.8 Å². The number of Topliss-reactive ketones (excluding diaryl/α,β-unsaturated/α-hetero) is 1. The lowest BCUT2D eigenvalue weighted by Crippen LogP contribution is -2.35. The van der Waals surface area contributed by atoms with Gasteiger partial charge >= 0.3 is 0 Å². The van der Waals surface area contributed by atoms with Gasteiger partial charge in [-0.25, -0.2) is 0 Å². The van der Waals surface area contributed by atoms with E-state index in [-0.39, 0.29) is 0 Å². The smallest absolute Gasteiger partial charge is 0.133 e. The molecule has 0 aromatic rings. The molecule has 0 aromatic carbocycles. The third kappa shape index (κ3) is 3.47. The quantitative estimate of drug-likeness (QED) is 0.666. The summed E-state index contributed by atoms with van der Waals surface area (Å²) in [6.45, 7) is 3.41. The summed E-state index contributed by atoms with van der Waals surface area (Å²) in [6.07, 6.45) is 6.32. The van der Waals surface area contributed by atoms with E-state index in [4.69, 9.17) is 0 Å². The molecule has 0 aromatic heterocycles. The van der Waals surface area contributed by atoms with Gasteiger partial charge in [0, 0.05) is 18.9 Å². The molecular weight excluding hydrogens is 162 g/mol. The molecule has 0 saturated heterocycles. The fraction of sp³-hybridized carbons (Fsp3) is 0.909. The second kappa shape index (κ2) is 5.38. The molecule has 1 aliphatic carbocycles. The molecule has 76 valence electrons. The van der Waals surface area contributed by atoms with Gasteiger partial charge in [0.15, 0.2) is 0 Å². The van der Waals surface area contributed by atoms with Crippen molar-refractivity contribution in [1.29, 1.82) is 0 Å². The molecule has 2 nitrogen and oxygen atoms in total. The zero-order chi connectivity index (χ0) is 9.68. The van der Waals surface area contributed by atoms with E-state index in [1.807, 2.05) is 0 Å². The van der Waals surface area contributed by atoms with Crippen molar-refractivity contribution in [2.75, 3.05) is 13.6 Å². The van der Waals surface area contributed by atoms with Gasteiger partial charge in [-0.15, -0.1) is 0 Å². The van der Waals surface area contributed by atoms with Gasteiger partial charge in [0.2, 0.25) is 0 Å². The highest BCUT2D eigenvalue weighted by atomic mass is 16.1. The average Bonchev–Trinajstić information content (AvgIpc) is 2.15. The summed E-state index contributed by atoms with van der Waals surface area (Å²) in [6, 6.07) is 0.671. The second-order valence-electron chi connectivity index (χ2n) is 4.10. The van der Waals surface area contributed by atoms with E-state index in [0.717, 1.165) is 25.7 Å². The van der Waals surface area contributed by atoms with Crippen LogP contribution in [0.5, 0.6) is 0 Å². The van der Waals surface area contributed by atoms with Crippen LogP contribution in [0.2, 0.25) is 0 Å². The zero-order valence-electron chi connectivity index (χ0n) is 8.88. The Bertz CT molecular complexity index is 157. The minimum absolute atomic E-state index is 0.458. The first-order valence-corrected chi connectivity index (χ1v) is 5.46. The van der Waals surface area contributed by atoms with Crippen LogP contribution in [0.15, 0.2) is 0 Å². The van der Waals surface area contributed by atoms with Crippen LogP contribution < -0.4 is 0 Å². The van der Waals surface area contributed by atoms with Gasteiger partial charge in [0.25, 0.3) is 0 Å². The Labute approximate surface area is 81.3 Å². The van der Waals surface area contributed by atoms with E-state index in [9.17, 15) is 4.79 Å². The third-order valence-corrected chi connectivity index (χ3v) is 3.00. The highest BCUT2D eigenvalue weighted by molar-refractivity contribution is 5.79. The summed E-state index contributed by atoms with van der Waals surface area (Å²) in [7, 11) is 2.19. The molecule has 1 fully saturated rings. The Morgan fingerprint density at radius 3 is 2.54 bits per heavy atom. The Kier molecular flexibility index (Phi) is 4.43. The van der Waals surface area contributed by atoms with Crippen LogP contribution in [0.3, 0.4) is 0 Å². The van der Waals surface area contributed by atoms with Gasteiger partial charge in [-0.1, -0.05) is 13.3 Å². The molecule has 0 bridgehead atoms. The predicted octanol–water partition coefficient (Wildman–Crippen LogP) is 2.23. The van der Waals surface area contributed by atoms with Crippen LogP contribution in [-0.2, 0) is 4.79 Å². The van der Waals surface area contributed by atoms with Crippen molar-refractivity contribution < 1.29 is 4.79 Å². The van der Waals surface area contributed by atoms with Crippen LogP contribution in [-0.4, -0.2) is 30.3 Å². The van der Waals surface area contributed by atoms with Crippen LogP contribution in [0.4, 0.5) is 0 Å². The molecule has 0 heterocycles. The maximum Gasteiger partial charge on any atom is 0.133 e. The number of ketones is 1. The largest absolute Gasteiger partial charge is 0.303 e. The number of nitrogens with zero attached hydrogens (tertiary/aromatic N) is 1. The highest BCUT2D eigenvalue weighted by Gasteiger charge is 2.21. The lowest BCUT2D eigenvalue weighted by Gasteiger charge is -2.30. The Balaban J connectivity index is 2.23. The molecule has 0 aliphatic heterocycles. The zero-order valence-corrected chi connectivity index (χ0v) is 8.88. The van der Waals surface area contributed by atoms with Crippen LogP contribution >= 0.6 is 0 Å². The predicted molar refractivity (Wildman–Crippen MR) is 54.8 cm³/mol. The normalized spacial score (nSPS) is 19.8. The molecule has 0 atom stereocenters. The van der Waals surface area contributed by atoms with Gasteiger partial charge in [-0.05, 0) is 32.9 Å². The van der Waals surface area contributed by atoms with E-state index >= 15 is 0 Å². The third-order valence-electron chi connectivity index (χ3n) is 3.00. The molecule has 0 radical (unpaired) electrons. The summed E-state index contributed by atoms with van der Waals surface area (Å²) in [4.78, 5) is 13.5. The van der Waals surface area contributed by atoms with Crippen molar-refractivity contribution in [2.45, 2.75) is 51.5 Å². The molecule has 1 saturated carbocycles. The molecule has 0 amide bonds. The maximum absolute atomic E-state index is 11.0. The van der Waals surface area contributed by atoms with Gasteiger partial charge in [-0.2, -0.15) is 0 Å². The molecule has 0 N–H and O–H groups in total. The molecule has 2 heteroatoms. The lowest BCUT2D eigenvalue weighted by atomic mass is 9.93. The molecule has 0 unspecified atom stereocenters. The standard InChI is InChI=1S/C11H21NO/c1-3-4-9-12(2)10-5-7-11(13)8-6-10/h10H,3-9H2,1-2H3. The van der Waals surface area contributed by atoms with Crippen molar-refractivity contribution in [2.24, 2.45) is 0 Å². The minimum atomic E-state index is 0.458. The van der Waals surface area contributed by atoms with Crippen molar-refractivity contribution in [3.8, 4) is 0 Å². The summed E-state index contributed by atoms with van der Waals surface area (Å²) < 4.78 is 0. The van der Waals surface area contributed by atoms with Crippen LogP contribution in [0, 0.1) is 0 Å². The van der Waals surface area contributed by atoms with Gasteiger partial charge in [0.1, 0.15) is 5.78 Å². The summed E-state index contributed by atoms with van der Waals surface area (Å²) in [5.41, 5.74) is 0. The number of hydrogen-bond acceptors (Lipinski definition) is 2. The van der Waals surface area contributed by atoms with Crippen molar-refractivity contribution >= 4 is 5.78 Å². The first-order valence-electron chi connectivity index (χ1n) is 5.46. The number of rotatable bonds is 4. The second-order valence-corrected chi connectivity index (χ2v) is 4.10. The first kappa shape index (κ1) is 10.7. The van der Waals surface area contributed by atoms with E-state index in [2.05, 4.69) is 18.9 Å². The molecule has 1 aliphatic rings. The van der Waals surface area contributed by atoms with Crippen molar-refractivity contribution in [3.05, 3.63) is 0 Å². The SMILES string of the molecule is CCCCN(C)C1CCC(=O)CC1. The van der Waals surface area contributed by atoms with Crippen molar-refractivity contribution in [1.82, 2.24) is 4.90 Å². The topological polar surface area (TPSA) is 20.3 Å². The molecule has 13 heavy (non-hydrogen) atoms. The minimum Gasteiger partial charge on any atom is -0.303 e. The van der Waals surface area contributed by atoms with E-state index < -0.39 is 0 Å². The summed E-state index contributed by atoms with van der Waals surface area (Å²) in [5, 5.41) is 0.